The first-order valence-corrected chi connectivity index (χ1v) is 7.95. The van der Waals surface area contributed by atoms with E-state index in [4.69, 9.17) is 5.73 Å². The summed E-state index contributed by atoms with van der Waals surface area (Å²) in [5.41, 5.74) is 6.91. The van der Waals surface area contributed by atoms with Crippen LogP contribution >= 0.6 is 0 Å². The number of likely N-dealkylation sites (tertiary alicyclic amines) is 1. The summed E-state index contributed by atoms with van der Waals surface area (Å²) in [7, 11) is 1.76. The third-order valence-electron chi connectivity index (χ3n) is 4.34. The van der Waals surface area contributed by atoms with Gasteiger partial charge in [0.05, 0.1) is 0 Å². The number of hydrogen-bond acceptors (Lipinski definition) is 3. The first kappa shape index (κ1) is 16.5. The Morgan fingerprint density at radius 3 is 2.73 bits per heavy atom. The van der Waals surface area contributed by atoms with E-state index in [-0.39, 0.29) is 17.9 Å². The lowest BCUT2D eigenvalue weighted by molar-refractivity contribution is 0.0623. The van der Waals surface area contributed by atoms with Crippen LogP contribution in [0.3, 0.4) is 0 Å². The molecule has 1 atom stereocenters. The van der Waals surface area contributed by atoms with Crippen LogP contribution in [0.15, 0.2) is 24.3 Å². The van der Waals surface area contributed by atoms with E-state index in [0.29, 0.717) is 24.2 Å². The Balaban J connectivity index is 2.21. The molecule has 2 amide bonds. The van der Waals surface area contributed by atoms with Gasteiger partial charge in [-0.3, -0.25) is 9.59 Å². The number of carbonyl (C=O) groups is 2. The molecule has 0 spiro atoms. The maximum absolute atomic E-state index is 12.7. The molecule has 0 aromatic heterocycles. The average Bonchev–Trinajstić information content (AvgIpc) is 2.59. The molecule has 0 saturated carbocycles. The minimum atomic E-state index is -0.0637. The van der Waals surface area contributed by atoms with Gasteiger partial charge in [-0.1, -0.05) is 6.07 Å². The summed E-state index contributed by atoms with van der Waals surface area (Å²) in [6, 6.07) is 7.10. The van der Waals surface area contributed by atoms with Gasteiger partial charge in [-0.2, -0.15) is 0 Å². The smallest absolute Gasteiger partial charge is 0.254 e. The van der Waals surface area contributed by atoms with E-state index in [9.17, 15) is 9.59 Å². The van der Waals surface area contributed by atoms with Gasteiger partial charge in [-0.15, -0.1) is 0 Å². The van der Waals surface area contributed by atoms with Crippen molar-refractivity contribution in [1.82, 2.24) is 9.80 Å². The largest absolute Gasteiger partial charge is 0.342 e. The summed E-state index contributed by atoms with van der Waals surface area (Å²) in [6.45, 7) is 3.79. The van der Waals surface area contributed by atoms with Crippen molar-refractivity contribution >= 4 is 11.8 Å². The van der Waals surface area contributed by atoms with Crippen LogP contribution in [0.2, 0.25) is 0 Å². The van der Waals surface area contributed by atoms with Gasteiger partial charge in [0.1, 0.15) is 0 Å². The van der Waals surface area contributed by atoms with Gasteiger partial charge in [0.25, 0.3) is 11.8 Å². The lowest BCUT2D eigenvalue weighted by atomic mass is 10.00. The highest BCUT2D eigenvalue weighted by Gasteiger charge is 2.26. The van der Waals surface area contributed by atoms with Crippen molar-refractivity contribution in [1.29, 1.82) is 0 Å². The maximum Gasteiger partial charge on any atom is 0.254 e. The van der Waals surface area contributed by atoms with Crippen molar-refractivity contribution in [3.63, 3.8) is 0 Å². The van der Waals surface area contributed by atoms with E-state index in [2.05, 4.69) is 0 Å². The fourth-order valence-corrected chi connectivity index (χ4v) is 2.83. The third kappa shape index (κ3) is 3.47. The van der Waals surface area contributed by atoms with E-state index in [1.54, 1.807) is 36.2 Å². The molecule has 1 fully saturated rings. The summed E-state index contributed by atoms with van der Waals surface area (Å²) >= 11 is 0. The fraction of sp³-hybridized carbons (Fsp3) is 0.529. The Labute approximate surface area is 132 Å². The van der Waals surface area contributed by atoms with Crippen LogP contribution in [-0.2, 0) is 0 Å². The Bertz CT molecular complexity index is 544. The molecule has 1 aromatic rings. The Morgan fingerprint density at radius 2 is 2.05 bits per heavy atom. The molecule has 0 aliphatic carbocycles. The quantitative estimate of drug-likeness (QED) is 0.921. The second-order valence-corrected chi connectivity index (χ2v) is 5.78. The van der Waals surface area contributed by atoms with Crippen LogP contribution in [0.1, 0.15) is 46.9 Å². The van der Waals surface area contributed by atoms with E-state index < -0.39 is 0 Å². The molecule has 120 valence electrons. The normalized spacial score (nSPS) is 18.1. The number of benzene rings is 1. The van der Waals surface area contributed by atoms with E-state index in [1.807, 2.05) is 11.8 Å². The van der Waals surface area contributed by atoms with Gasteiger partial charge in [-0.05, 0) is 44.4 Å². The Kier molecular flexibility index (Phi) is 5.55. The van der Waals surface area contributed by atoms with Gasteiger partial charge < -0.3 is 15.5 Å². The lowest BCUT2D eigenvalue weighted by Crippen LogP contribution is -2.47. The molecule has 2 rings (SSSR count). The number of nitrogens with two attached hydrogens (primary N) is 1. The first-order chi connectivity index (χ1) is 10.6. The number of rotatable bonds is 4. The lowest BCUT2D eigenvalue weighted by Gasteiger charge is -2.35. The average molecular weight is 303 g/mol. The van der Waals surface area contributed by atoms with Crippen LogP contribution < -0.4 is 5.73 Å². The number of piperidine rings is 1. The van der Waals surface area contributed by atoms with Crippen LogP contribution in [0, 0.1) is 0 Å². The zero-order valence-corrected chi connectivity index (χ0v) is 13.4. The topological polar surface area (TPSA) is 66.6 Å². The minimum Gasteiger partial charge on any atom is -0.342 e. The number of carbonyl (C=O) groups excluding carboxylic acids is 2. The monoisotopic (exact) mass is 303 g/mol. The summed E-state index contributed by atoms with van der Waals surface area (Å²) in [5, 5.41) is 0. The van der Waals surface area contributed by atoms with Crippen molar-refractivity contribution in [2.24, 2.45) is 5.73 Å². The van der Waals surface area contributed by atoms with Gasteiger partial charge in [0.2, 0.25) is 0 Å². The minimum absolute atomic E-state index is 0.0241. The molecule has 0 radical (unpaired) electrons. The Hall–Kier alpha value is -1.88. The highest BCUT2D eigenvalue weighted by Crippen LogP contribution is 2.19. The first-order valence-electron chi connectivity index (χ1n) is 7.95. The third-order valence-corrected chi connectivity index (χ3v) is 4.34. The van der Waals surface area contributed by atoms with E-state index >= 15 is 0 Å². The SMILES string of the molecule is CCN(C)C(=O)c1cccc(C(=O)N2CCCCC2CN)c1. The zero-order chi connectivity index (χ0) is 16.1. The van der Waals surface area contributed by atoms with Gasteiger partial charge in [-0.25, -0.2) is 0 Å². The maximum atomic E-state index is 12.7. The fourth-order valence-electron chi connectivity index (χ4n) is 2.83. The van der Waals surface area contributed by atoms with Crippen molar-refractivity contribution in [2.75, 3.05) is 26.7 Å². The molecule has 1 saturated heterocycles. The standard InChI is InChI=1S/C17H25N3O2/c1-3-19(2)16(21)13-7-6-8-14(11-13)17(22)20-10-5-4-9-15(20)12-18/h6-8,11,15H,3-5,9-10,12,18H2,1-2H3. The number of hydrogen-bond donors (Lipinski definition) is 1. The van der Waals surface area contributed by atoms with Crippen molar-refractivity contribution in [3.8, 4) is 0 Å². The Morgan fingerprint density at radius 1 is 1.32 bits per heavy atom. The number of amides is 2. The molecule has 2 N–H and O–H groups in total. The molecule has 1 aliphatic rings. The molecular formula is C17H25N3O2. The molecule has 5 nitrogen and oxygen atoms in total. The summed E-state index contributed by atoms with van der Waals surface area (Å²) < 4.78 is 0. The van der Waals surface area contributed by atoms with Gasteiger partial charge in [0, 0.05) is 43.9 Å². The predicted octanol–water partition coefficient (Wildman–Crippen LogP) is 1.73. The predicted molar refractivity (Wildman–Crippen MR) is 86.8 cm³/mol. The van der Waals surface area contributed by atoms with Crippen LogP contribution in [0.4, 0.5) is 0 Å². The zero-order valence-electron chi connectivity index (χ0n) is 13.4. The van der Waals surface area contributed by atoms with E-state index in [0.717, 1.165) is 25.8 Å². The van der Waals surface area contributed by atoms with Crippen LogP contribution in [0.25, 0.3) is 0 Å². The van der Waals surface area contributed by atoms with Crippen LogP contribution in [-0.4, -0.2) is 54.3 Å². The molecule has 1 unspecified atom stereocenters. The summed E-state index contributed by atoms with van der Waals surface area (Å²) in [5.74, 6) is -0.0879. The molecular weight excluding hydrogens is 278 g/mol. The van der Waals surface area contributed by atoms with Crippen LogP contribution in [0.5, 0.6) is 0 Å². The van der Waals surface area contributed by atoms with Crippen molar-refractivity contribution < 1.29 is 9.59 Å². The highest BCUT2D eigenvalue weighted by molar-refractivity contribution is 5.99. The van der Waals surface area contributed by atoms with E-state index in [1.165, 1.54) is 0 Å². The van der Waals surface area contributed by atoms with Crippen molar-refractivity contribution in [2.45, 2.75) is 32.2 Å². The molecule has 1 heterocycles. The molecule has 0 bridgehead atoms. The summed E-state index contributed by atoms with van der Waals surface area (Å²) in [4.78, 5) is 28.4. The van der Waals surface area contributed by atoms with Crippen molar-refractivity contribution in [3.05, 3.63) is 35.4 Å². The molecule has 1 aliphatic heterocycles. The molecule has 22 heavy (non-hydrogen) atoms. The number of nitrogens with zero attached hydrogens (tertiary/aromatic N) is 2. The highest BCUT2D eigenvalue weighted by atomic mass is 16.2. The summed E-state index contributed by atoms with van der Waals surface area (Å²) in [6.07, 6.45) is 3.09. The second-order valence-electron chi connectivity index (χ2n) is 5.78. The molecule has 5 heteroatoms. The molecule has 1 aromatic carbocycles. The van der Waals surface area contributed by atoms with Gasteiger partial charge in [0.15, 0.2) is 0 Å². The second kappa shape index (κ2) is 7.40. The van der Waals surface area contributed by atoms with Gasteiger partial charge >= 0.3 is 0 Å².